The SMILES string of the molecule is CC[C@@]1(O)C(=O)OCc2c1cc1n(c2=O)Cc2c-1nc1cc(F)c(C)c3c1c2[C@@H](NS(=O)(=O)CCC(=O)NCc1ccc(NC(=O)[C@H](C)NC(=O)[C@@H](N)C(C)C)cc1)CC3. The second kappa shape index (κ2) is 16.1. The second-order valence-electron chi connectivity index (χ2n) is 16.1. The number of hydrogen-bond donors (Lipinski definition) is 6. The Morgan fingerprint density at radius 3 is 2.48 bits per heavy atom. The Morgan fingerprint density at radius 2 is 1.80 bits per heavy atom. The van der Waals surface area contributed by atoms with Crippen molar-refractivity contribution >= 4 is 50.3 Å². The number of nitrogens with one attached hydrogen (secondary N) is 4. The molecule has 7 rings (SSSR count). The van der Waals surface area contributed by atoms with Gasteiger partial charge in [-0.05, 0) is 79.5 Å². The molecule has 18 heteroatoms. The second-order valence-corrected chi connectivity index (χ2v) is 17.9. The summed E-state index contributed by atoms with van der Waals surface area (Å²) >= 11 is 0. The minimum atomic E-state index is -4.08. The Bertz CT molecular complexity index is 2630. The average molecular weight is 846 g/mol. The van der Waals surface area contributed by atoms with Crippen molar-refractivity contribution in [3.05, 3.63) is 91.5 Å². The van der Waals surface area contributed by atoms with E-state index in [9.17, 15) is 37.5 Å². The third-order valence-corrected chi connectivity index (χ3v) is 13.2. The summed E-state index contributed by atoms with van der Waals surface area (Å²) in [6.07, 6.45) is 0.215. The molecule has 4 heterocycles. The lowest BCUT2D eigenvalue weighted by atomic mass is 9.82. The summed E-state index contributed by atoms with van der Waals surface area (Å²) in [6, 6.07) is 7.10. The van der Waals surface area contributed by atoms with E-state index in [1.807, 2.05) is 0 Å². The summed E-state index contributed by atoms with van der Waals surface area (Å²) in [5.74, 6) is -3.35. The molecule has 3 aliphatic rings. The van der Waals surface area contributed by atoms with E-state index in [2.05, 4.69) is 20.7 Å². The number of carbonyl (C=O) groups excluding carboxylic acids is 4. The number of carbonyl (C=O) groups is 4. The number of benzene rings is 2. The number of aliphatic hydroxyl groups is 1. The van der Waals surface area contributed by atoms with Crippen LogP contribution in [0.2, 0.25) is 0 Å². The van der Waals surface area contributed by atoms with Crippen LogP contribution in [0.25, 0.3) is 22.3 Å². The van der Waals surface area contributed by atoms with Gasteiger partial charge in [-0.1, -0.05) is 32.9 Å². The largest absolute Gasteiger partial charge is 0.458 e. The van der Waals surface area contributed by atoms with E-state index in [-0.39, 0.29) is 61.5 Å². The molecule has 2 aromatic carbocycles. The fourth-order valence-electron chi connectivity index (χ4n) is 8.10. The quantitative estimate of drug-likeness (QED) is 0.0942. The smallest absolute Gasteiger partial charge is 0.343 e. The predicted octanol–water partition coefficient (Wildman–Crippen LogP) is 2.57. The molecular weight excluding hydrogens is 798 g/mol. The molecule has 1 aliphatic carbocycles. The zero-order valence-electron chi connectivity index (χ0n) is 33.9. The molecule has 2 aliphatic heterocycles. The molecular formula is C42H48FN7O9S. The molecule has 0 unspecified atom stereocenters. The molecule has 60 heavy (non-hydrogen) atoms. The van der Waals surface area contributed by atoms with Crippen molar-refractivity contribution in [2.75, 3.05) is 11.1 Å². The van der Waals surface area contributed by atoms with Gasteiger partial charge in [-0.25, -0.2) is 27.3 Å². The first-order chi connectivity index (χ1) is 28.3. The predicted molar refractivity (Wildman–Crippen MR) is 219 cm³/mol. The Kier molecular flexibility index (Phi) is 11.4. The van der Waals surface area contributed by atoms with Crippen LogP contribution in [0.1, 0.15) is 91.9 Å². The van der Waals surface area contributed by atoms with Crippen molar-refractivity contribution in [2.24, 2.45) is 11.7 Å². The van der Waals surface area contributed by atoms with Crippen LogP contribution >= 0.6 is 0 Å². The van der Waals surface area contributed by atoms with Gasteiger partial charge >= 0.3 is 5.97 Å². The van der Waals surface area contributed by atoms with Gasteiger partial charge in [0, 0.05) is 47.3 Å². The van der Waals surface area contributed by atoms with Crippen LogP contribution < -0.4 is 32.0 Å². The highest BCUT2D eigenvalue weighted by Crippen LogP contribution is 2.46. The summed E-state index contributed by atoms with van der Waals surface area (Å²) in [7, 11) is -4.08. The van der Waals surface area contributed by atoms with Crippen LogP contribution in [0.5, 0.6) is 0 Å². The van der Waals surface area contributed by atoms with Crippen LogP contribution in [-0.4, -0.2) is 64.6 Å². The molecule has 0 fully saturated rings. The van der Waals surface area contributed by atoms with Gasteiger partial charge in [0.15, 0.2) is 5.60 Å². The summed E-state index contributed by atoms with van der Waals surface area (Å²) in [5.41, 5.74) is 7.84. The van der Waals surface area contributed by atoms with Crippen LogP contribution in [0.15, 0.2) is 41.2 Å². The van der Waals surface area contributed by atoms with Gasteiger partial charge in [0.25, 0.3) is 5.56 Å². The maximum atomic E-state index is 15.3. The number of aryl methyl sites for hydroxylation is 1. The van der Waals surface area contributed by atoms with Crippen molar-refractivity contribution in [1.82, 2.24) is 24.9 Å². The number of pyridine rings is 2. The highest BCUT2D eigenvalue weighted by Gasteiger charge is 2.46. The van der Waals surface area contributed by atoms with Crippen molar-refractivity contribution in [3.8, 4) is 11.4 Å². The Hall–Kier alpha value is -5.56. The number of esters is 1. The average Bonchev–Trinajstić information content (AvgIpc) is 3.58. The van der Waals surface area contributed by atoms with Gasteiger partial charge in [-0.2, -0.15) is 0 Å². The number of nitrogens with zero attached hydrogens (tertiary/aromatic N) is 2. The molecule has 318 valence electrons. The lowest BCUT2D eigenvalue weighted by Crippen LogP contribution is -2.50. The number of halogens is 1. The number of aromatic nitrogens is 2. The summed E-state index contributed by atoms with van der Waals surface area (Å²) in [4.78, 5) is 69.1. The number of fused-ring (bicyclic) bond motifs is 5. The minimum absolute atomic E-state index is 0.0162. The zero-order chi connectivity index (χ0) is 43.4. The Morgan fingerprint density at radius 1 is 1.08 bits per heavy atom. The van der Waals surface area contributed by atoms with Gasteiger partial charge in [-0.15, -0.1) is 0 Å². The van der Waals surface area contributed by atoms with Crippen LogP contribution in [-0.2, 0) is 65.7 Å². The first-order valence-corrected chi connectivity index (χ1v) is 21.5. The van der Waals surface area contributed by atoms with Gasteiger partial charge in [0.05, 0.1) is 40.8 Å². The summed E-state index contributed by atoms with van der Waals surface area (Å²) < 4.78 is 52.0. The molecule has 4 aromatic rings. The third kappa shape index (κ3) is 7.79. The molecule has 0 spiro atoms. The fraction of sp³-hybridized carbons (Fsp3) is 0.429. The number of cyclic esters (lactones) is 1. The lowest BCUT2D eigenvalue weighted by Gasteiger charge is -2.31. The fourth-order valence-corrected chi connectivity index (χ4v) is 9.34. The van der Waals surface area contributed by atoms with Gasteiger partial charge in [0.2, 0.25) is 27.7 Å². The first-order valence-electron chi connectivity index (χ1n) is 19.9. The molecule has 3 amide bonds. The molecule has 0 bridgehead atoms. The van der Waals surface area contributed by atoms with E-state index in [1.165, 1.54) is 10.6 Å². The molecule has 4 atom stereocenters. The van der Waals surface area contributed by atoms with E-state index in [0.717, 1.165) is 0 Å². The van der Waals surface area contributed by atoms with Crippen molar-refractivity contribution in [2.45, 2.75) is 104 Å². The molecule has 0 saturated carbocycles. The standard InChI is InChI=1S/C42H48FN7O9S/c1-6-42(56)28-15-32-37-26(18-50(32)40(54)27(28)19-59-41(42)55)35-30(12-11-25-21(4)29(43)16-31(48-37)34(25)35)49-60(57,58)14-13-33(51)45-17-23-7-9-24(10-8-23)47-38(52)22(5)46-39(53)36(44)20(2)3/h7-10,15-16,20,22,30,36,49,56H,6,11-14,17-19,44H2,1-5H3,(H,45,51)(H,46,53)(H,47,52)/t22-,30-,36-,42-/m0/s1. The van der Waals surface area contributed by atoms with Crippen molar-refractivity contribution in [1.29, 1.82) is 0 Å². The number of ether oxygens (including phenoxy) is 1. The Labute approximate surface area is 345 Å². The summed E-state index contributed by atoms with van der Waals surface area (Å²) in [6.45, 7) is 8.20. The third-order valence-electron chi connectivity index (χ3n) is 11.8. The number of amides is 3. The van der Waals surface area contributed by atoms with Gasteiger partial charge in [0.1, 0.15) is 18.5 Å². The maximum absolute atomic E-state index is 15.3. The monoisotopic (exact) mass is 845 g/mol. The minimum Gasteiger partial charge on any atom is -0.458 e. The molecule has 7 N–H and O–H groups in total. The zero-order valence-corrected chi connectivity index (χ0v) is 34.7. The summed E-state index contributed by atoms with van der Waals surface area (Å²) in [5, 5.41) is 19.9. The van der Waals surface area contributed by atoms with E-state index >= 15 is 4.39 Å². The highest BCUT2D eigenvalue weighted by atomic mass is 32.2. The van der Waals surface area contributed by atoms with Gasteiger partial charge < -0.3 is 36.1 Å². The first kappa shape index (κ1) is 42.6. The van der Waals surface area contributed by atoms with Crippen LogP contribution in [0, 0.1) is 18.7 Å². The number of hydrogen-bond acceptors (Lipinski definition) is 11. The molecule has 2 aromatic heterocycles. The lowest BCUT2D eigenvalue weighted by molar-refractivity contribution is -0.172. The van der Waals surface area contributed by atoms with E-state index in [4.69, 9.17) is 15.5 Å². The molecule has 16 nitrogen and oxygen atoms in total. The topological polar surface area (TPSA) is 241 Å². The number of sulfonamides is 1. The highest BCUT2D eigenvalue weighted by molar-refractivity contribution is 7.89. The number of nitrogens with two attached hydrogens (primary N) is 1. The molecule has 0 saturated heterocycles. The van der Waals surface area contributed by atoms with Crippen LogP contribution in [0.4, 0.5) is 10.1 Å². The molecule has 0 radical (unpaired) electrons. The van der Waals surface area contributed by atoms with Crippen LogP contribution in [0.3, 0.4) is 0 Å². The van der Waals surface area contributed by atoms with Gasteiger partial charge in [-0.3, -0.25) is 19.2 Å². The normalized spacial score (nSPS) is 18.9. The van der Waals surface area contributed by atoms with Crippen molar-refractivity contribution in [3.63, 3.8) is 0 Å². The number of anilines is 1. The van der Waals surface area contributed by atoms with E-state index < -0.39 is 74.6 Å². The Balaban J connectivity index is 1.04. The van der Waals surface area contributed by atoms with E-state index in [0.29, 0.717) is 56.7 Å². The van der Waals surface area contributed by atoms with E-state index in [1.54, 1.807) is 65.0 Å². The van der Waals surface area contributed by atoms with Crippen molar-refractivity contribution < 1.29 is 41.8 Å². The maximum Gasteiger partial charge on any atom is 0.343 e. The number of rotatable bonds is 13.